The third kappa shape index (κ3) is 3.61. The molecule has 2 heterocycles. The van der Waals surface area contributed by atoms with Crippen molar-refractivity contribution in [2.75, 3.05) is 10.6 Å². The molecule has 0 saturated carbocycles. The zero-order valence-electron chi connectivity index (χ0n) is 14.9. The average Bonchev–Trinajstić information content (AvgIpc) is 2.59. The molecule has 26 heavy (non-hydrogen) atoms. The Bertz CT molecular complexity index is 850. The normalized spacial score (nSPS) is 16.2. The van der Waals surface area contributed by atoms with Crippen molar-refractivity contribution in [3.05, 3.63) is 47.5 Å². The Morgan fingerprint density at radius 3 is 2.85 bits per heavy atom. The van der Waals surface area contributed by atoms with Crippen LogP contribution in [0.25, 0.3) is 0 Å². The Hall–Kier alpha value is -3.09. The van der Waals surface area contributed by atoms with Gasteiger partial charge in [-0.25, -0.2) is 9.78 Å². The summed E-state index contributed by atoms with van der Waals surface area (Å²) in [7, 11) is 0. The fourth-order valence-electron chi connectivity index (χ4n) is 2.71. The zero-order valence-corrected chi connectivity index (χ0v) is 14.9. The van der Waals surface area contributed by atoms with Gasteiger partial charge in [-0.3, -0.25) is 9.69 Å². The molecule has 7 heteroatoms. The van der Waals surface area contributed by atoms with Crippen molar-refractivity contribution in [2.24, 2.45) is 0 Å². The first-order valence-corrected chi connectivity index (χ1v) is 8.39. The summed E-state index contributed by atoms with van der Waals surface area (Å²) in [5, 5.41) is 0. The van der Waals surface area contributed by atoms with Gasteiger partial charge in [0.1, 0.15) is 5.82 Å². The minimum Gasteiger partial charge on any atom is -0.477 e. The van der Waals surface area contributed by atoms with E-state index >= 15 is 0 Å². The molecule has 7 nitrogen and oxygen atoms in total. The van der Waals surface area contributed by atoms with Crippen LogP contribution in [0.1, 0.15) is 36.7 Å². The highest BCUT2D eigenvalue weighted by atomic mass is 16.5. The third-order valence-electron chi connectivity index (χ3n) is 3.88. The Morgan fingerprint density at radius 2 is 2.12 bits per heavy atom. The molecule has 2 aromatic rings. The number of carbonyl (C=O) groups is 2. The molecule has 2 N–H and O–H groups in total. The van der Waals surface area contributed by atoms with Gasteiger partial charge >= 0.3 is 5.97 Å². The van der Waals surface area contributed by atoms with Crippen molar-refractivity contribution < 1.29 is 19.1 Å². The topological polar surface area (TPSA) is 94.8 Å². The number of nitrogens with two attached hydrogens (primary N) is 1. The molecule has 1 unspecified atom stereocenters. The van der Waals surface area contributed by atoms with Gasteiger partial charge in [0.15, 0.2) is 17.7 Å². The lowest BCUT2D eigenvalue weighted by Gasteiger charge is -2.32. The van der Waals surface area contributed by atoms with Gasteiger partial charge < -0.3 is 15.2 Å². The quantitative estimate of drug-likeness (QED) is 0.847. The van der Waals surface area contributed by atoms with Crippen LogP contribution >= 0.6 is 0 Å². The molecule has 1 aliphatic rings. The molecule has 0 saturated heterocycles. The second kappa shape index (κ2) is 7.03. The predicted octanol–water partition coefficient (Wildman–Crippen LogP) is 2.54. The number of pyridine rings is 1. The van der Waals surface area contributed by atoms with Crippen LogP contribution in [0, 0.1) is 0 Å². The van der Waals surface area contributed by atoms with Gasteiger partial charge in [0, 0.05) is 0 Å². The molecule has 3 rings (SSSR count). The minimum absolute atomic E-state index is 0.202. The van der Waals surface area contributed by atoms with Crippen LogP contribution < -0.4 is 15.4 Å². The maximum atomic E-state index is 12.6. The lowest BCUT2D eigenvalue weighted by molar-refractivity contribution is -0.125. The first-order valence-electron chi connectivity index (χ1n) is 8.39. The Kier molecular flexibility index (Phi) is 4.79. The number of amides is 1. The molecule has 1 aromatic carbocycles. The van der Waals surface area contributed by atoms with Gasteiger partial charge in [-0.1, -0.05) is 12.1 Å². The van der Waals surface area contributed by atoms with Crippen molar-refractivity contribution in [2.45, 2.75) is 39.5 Å². The molecule has 0 fully saturated rings. The fourth-order valence-corrected chi connectivity index (χ4v) is 2.71. The molecular formula is C19H21N3O4. The molecule has 0 bridgehead atoms. The van der Waals surface area contributed by atoms with Crippen molar-refractivity contribution in [3.63, 3.8) is 0 Å². The summed E-state index contributed by atoms with van der Waals surface area (Å²) in [6, 6.07) is 10.3. The molecule has 1 aliphatic heterocycles. The highest BCUT2D eigenvalue weighted by molar-refractivity contribution is 5.99. The molecule has 1 amide bonds. The van der Waals surface area contributed by atoms with Crippen molar-refractivity contribution >= 4 is 23.5 Å². The number of esters is 1. The molecule has 0 spiro atoms. The molecule has 1 aromatic heterocycles. The van der Waals surface area contributed by atoms with Crippen molar-refractivity contribution in [1.82, 2.24) is 4.98 Å². The van der Waals surface area contributed by atoms with Gasteiger partial charge in [-0.15, -0.1) is 0 Å². The predicted molar refractivity (Wildman–Crippen MR) is 96.9 cm³/mol. The smallest absolute Gasteiger partial charge is 0.338 e. The highest BCUT2D eigenvalue weighted by Crippen LogP contribution is 2.34. The van der Waals surface area contributed by atoms with E-state index in [1.165, 1.54) is 4.90 Å². The van der Waals surface area contributed by atoms with Crippen molar-refractivity contribution in [1.29, 1.82) is 0 Å². The standard InChI is InChI=1S/C19H21N3O4/c1-11(2)25-19(24)14-6-4-5-13(9-14)10-22-17-15(7-8-16(20)21-17)26-12(3)18(22)23/h4-9,11-12H,10H2,1-3H3,(H2,20,21). The second-order valence-electron chi connectivity index (χ2n) is 6.40. The summed E-state index contributed by atoms with van der Waals surface area (Å²) < 4.78 is 10.8. The summed E-state index contributed by atoms with van der Waals surface area (Å²) in [5.41, 5.74) is 6.98. The second-order valence-corrected chi connectivity index (χ2v) is 6.40. The van der Waals surface area contributed by atoms with Gasteiger partial charge in [0.25, 0.3) is 5.91 Å². The monoisotopic (exact) mass is 355 g/mol. The van der Waals surface area contributed by atoms with Crippen LogP contribution in [-0.2, 0) is 16.1 Å². The number of carbonyl (C=O) groups excluding carboxylic acids is 2. The van der Waals surface area contributed by atoms with E-state index in [9.17, 15) is 9.59 Å². The average molecular weight is 355 g/mol. The lowest BCUT2D eigenvalue weighted by Crippen LogP contribution is -2.44. The number of nitrogen functional groups attached to an aromatic ring is 1. The van der Waals surface area contributed by atoms with E-state index in [2.05, 4.69) is 4.98 Å². The number of benzene rings is 1. The van der Waals surface area contributed by atoms with E-state index in [1.54, 1.807) is 51.1 Å². The number of anilines is 2. The van der Waals surface area contributed by atoms with E-state index in [1.807, 2.05) is 6.07 Å². The lowest BCUT2D eigenvalue weighted by atomic mass is 10.1. The molecule has 136 valence electrons. The van der Waals surface area contributed by atoms with Crippen LogP contribution in [0.2, 0.25) is 0 Å². The summed E-state index contributed by atoms with van der Waals surface area (Å²) in [6.45, 7) is 5.52. The largest absolute Gasteiger partial charge is 0.477 e. The number of aromatic nitrogens is 1. The minimum atomic E-state index is -0.623. The van der Waals surface area contributed by atoms with Gasteiger partial charge in [-0.05, 0) is 50.6 Å². The SMILES string of the molecule is CC(C)OC(=O)c1cccc(CN2C(=O)C(C)Oc3ccc(N)nc32)c1. The summed E-state index contributed by atoms with van der Waals surface area (Å²) in [6.07, 6.45) is -0.825. The van der Waals surface area contributed by atoms with E-state index in [4.69, 9.17) is 15.2 Å². The number of fused-ring (bicyclic) bond motifs is 1. The van der Waals surface area contributed by atoms with E-state index in [0.717, 1.165) is 5.56 Å². The summed E-state index contributed by atoms with van der Waals surface area (Å²) in [4.78, 5) is 30.5. The zero-order chi connectivity index (χ0) is 18.8. The number of ether oxygens (including phenoxy) is 2. The maximum Gasteiger partial charge on any atom is 0.338 e. The van der Waals surface area contributed by atoms with Gasteiger partial charge in [0.2, 0.25) is 0 Å². The third-order valence-corrected chi connectivity index (χ3v) is 3.88. The van der Waals surface area contributed by atoms with Gasteiger partial charge in [0.05, 0.1) is 18.2 Å². The van der Waals surface area contributed by atoms with Crippen LogP contribution in [0.3, 0.4) is 0 Å². The van der Waals surface area contributed by atoms with E-state index in [0.29, 0.717) is 22.9 Å². The van der Waals surface area contributed by atoms with Gasteiger partial charge in [-0.2, -0.15) is 0 Å². The number of hydrogen-bond donors (Lipinski definition) is 1. The Morgan fingerprint density at radius 1 is 1.35 bits per heavy atom. The summed E-state index contributed by atoms with van der Waals surface area (Å²) >= 11 is 0. The van der Waals surface area contributed by atoms with Crippen LogP contribution in [0.5, 0.6) is 5.75 Å². The van der Waals surface area contributed by atoms with Crippen molar-refractivity contribution in [3.8, 4) is 5.75 Å². The Balaban J connectivity index is 1.90. The number of hydrogen-bond acceptors (Lipinski definition) is 6. The van der Waals surface area contributed by atoms with E-state index < -0.39 is 12.1 Å². The summed E-state index contributed by atoms with van der Waals surface area (Å²) in [5.74, 6) is 0.566. The molecule has 1 atom stereocenters. The number of rotatable bonds is 4. The molecule has 0 radical (unpaired) electrons. The Labute approximate surface area is 151 Å². The molecule has 0 aliphatic carbocycles. The highest BCUT2D eigenvalue weighted by Gasteiger charge is 2.33. The van der Waals surface area contributed by atoms with Crippen LogP contribution in [0.15, 0.2) is 36.4 Å². The first kappa shape index (κ1) is 17.7. The maximum absolute atomic E-state index is 12.6. The van der Waals surface area contributed by atoms with Crippen LogP contribution in [-0.4, -0.2) is 29.1 Å². The van der Waals surface area contributed by atoms with E-state index in [-0.39, 0.29) is 18.6 Å². The number of nitrogens with zero attached hydrogens (tertiary/aromatic N) is 2. The fraction of sp³-hybridized carbons (Fsp3) is 0.316. The first-order chi connectivity index (χ1) is 12.3. The molecular weight excluding hydrogens is 334 g/mol. The van der Waals surface area contributed by atoms with Crippen LogP contribution in [0.4, 0.5) is 11.6 Å².